The van der Waals surface area contributed by atoms with Crippen LogP contribution in [-0.2, 0) is 6.54 Å². The summed E-state index contributed by atoms with van der Waals surface area (Å²) >= 11 is 0. The van der Waals surface area contributed by atoms with E-state index in [-0.39, 0.29) is 0 Å². The first-order chi connectivity index (χ1) is 8.29. The van der Waals surface area contributed by atoms with Gasteiger partial charge in [0.25, 0.3) is 0 Å². The van der Waals surface area contributed by atoms with Gasteiger partial charge in [0.05, 0.1) is 24.1 Å². The summed E-state index contributed by atoms with van der Waals surface area (Å²) in [6.45, 7) is 5.10. The van der Waals surface area contributed by atoms with Crippen molar-refractivity contribution in [3.8, 4) is 11.4 Å². The van der Waals surface area contributed by atoms with Gasteiger partial charge in [-0.1, -0.05) is 13.0 Å². The van der Waals surface area contributed by atoms with Crippen molar-refractivity contribution in [3.63, 3.8) is 0 Å². The van der Waals surface area contributed by atoms with Crippen molar-refractivity contribution in [2.24, 2.45) is 0 Å². The number of nitrogens with zero attached hydrogens (tertiary/aromatic N) is 2. The third-order valence-corrected chi connectivity index (χ3v) is 2.80. The Morgan fingerprint density at radius 1 is 1.35 bits per heavy atom. The van der Waals surface area contributed by atoms with Gasteiger partial charge in [-0.3, -0.25) is 4.98 Å². The topological polar surface area (TPSA) is 53.6 Å². The van der Waals surface area contributed by atoms with Crippen molar-refractivity contribution in [2.45, 2.75) is 32.9 Å². The highest BCUT2D eigenvalue weighted by atomic mass is 15.0. The normalized spacial score (nSPS) is 12.6. The lowest BCUT2D eigenvalue weighted by Gasteiger charge is -2.08. The van der Waals surface area contributed by atoms with E-state index in [1.54, 1.807) is 6.20 Å². The zero-order chi connectivity index (χ0) is 12.1. The molecule has 0 amide bonds. The van der Waals surface area contributed by atoms with E-state index in [2.05, 4.69) is 34.1 Å². The van der Waals surface area contributed by atoms with E-state index in [0.717, 1.165) is 30.2 Å². The van der Waals surface area contributed by atoms with Crippen molar-refractivity contribution in [1.29, 1.82) is 0 Å². The monoisotopic (exact) mass is 230 g/mol. The fraction of sp³-hybridized carbons (Fsp3) is 0.385. The van der Waals surface area contributed by atoms with Crippen LogP contribution in [0, 0.1) is 0 Å². The molecule has 0 spiro atoms. The third-order valence-electron chi connectivity index (χ3n) is 2.80. The van der Waals surface area contributed by atoms with E-state index in [0.29, 0.717) is 6.04 Å². The lowest BCUT2D eigenvalue weighted by Crippen LogP contribution is -2.24. The summed E-state index contributed by atoms with van der Waals surface area (Å²) in [7, 11) is 0. The van der Waals surface area contributed by atoms with Gasteiger partial charge in [0.1, 0.15) is 5.82 Å². The van der Waals surface area contributed by atoms with Gasteiger partial charge in [0.15, 0.2) is 0 Å². The largest absolute Gasteiger partial charge is 0.340 e. The van der Waals surface area contributed by atoms with Crippen LogP contribution in [0.5, 0.6) is 0 Å². The molecule has 2 rings (SSSR count). The van der Waals surface area contributed by atoms with Crippen LogP contribution in [-0.4, -0.2) is 21.0 Å². The number of pyridine rings is 1. The fourth-order valence-electron chi connectivity index (χ4n) is 1.52. The average molecular weight is 230 g/mol. The second-order valence-electron chi connectivity index (χ2n) is 4.15. The molecule has 0 aromatic carbocycles. The predicted molar refractivity (Wildman–Crippen MR) is 68.4 cm³/mol. The summed E-state index contributed by atoms with van der Waals surface area (Å²) in [6.07, 6.45) is 4.73. The first-order valence-electron chi connectivity index (χ1n) is 5.98. The molecule has 17 heavy (non-hydrogen) atoms. The number of rotatable bonds is 5. The zero-order valence-corrected chi connectivity index (χ0v) is 10.3. The maximum absolute atomic E-state index is 4.34. The number of aromatic amines is 1. The van der Waals surface area contributed by atoms with Crippen molar-refractivity contribution >= 4 is 0 Å². The molecule has 2 heterocycles. The Bertz CT molecular complexity index is 449. The van der Waals surface area contributed by atoms with Crippen LogP contribution >= 0.6 is 0 Å². The number of hydrogen-bond donors (Lipinski definition) is 2. The summed E-state index contributed by atoms with van der Waals surface area (Å²) in [4.78, 5) is 11.9. The van der Waals surface area contributed by atoms with Crippen molar-refractivity contribution < 1.29 is 0 Å². The molecular formula is C13H18N4. The lowest BCUT2D eigenvalue weighted by molar-refractivity contribution is 0.525. The average Bonchev–Trinajstić information content (AvgIpc) is 2.86. The molecule has 0 fully saturated rings. The van der Waals surface area contributed by atoms with E-state index in [1.165, 1.54) is 0 Å². The van der Waals surface area contributed by atoms with E-state index in [4.69, 9.17) is 0 Å². The first-order valence-corrected chi connectivity index (χ1v) is 5.98. The molecule has 4 heteroatoms. The van der Waals surface area contributed by atoms with Gasteiger partial charge in [-0.05, 0) is 25.5 Å². The van der Waals surface area contributed by atoms with E-state index < -0.39 is 0 Å². The summed E-state index contributed by atoms with van der Waals surface area (Å²) in [5.41, 5.74) is 1.89. The smallest absolute Gasteiger partial charge is 0.120 e. The second-order valence-corrected chi connectivity index (χ2v) is 4.15. The van der Waals surface area contributed by atoms with Crippen LogP contribution in [0.3, 0.4) is 0 Å². The van der Waals surface area contributed by atoms with Gasteiger partial charge in [-0.2, -0.15) is 0 Å². The first kappa shape index (κ1) is 11.8. The minimum atomic E-state index is 0.512. The SMILES string of the molecule is CCC(C)NCc1ncc(-c2ccccn2)[nH]1. The summed E-state index contributed by atoms with van der Waals surface area (Å²) in [6, 6.07) is 6.36. The van der Waals surface area contributed by atoms with Crippen LogP contribution in [0.15, 0.2) is 30.6 Å². The Balaban J connectivity index is 2.01. The van der Waals surface area contributed by atoms with Gasteiger partial charge in [-0.25, -0.2) is 4.98 Å². The minimum absolute atomic E-state index is 0.512. The van der Waals surface area contributed by atoms with Crippen molar-refractivity contribution in [1.82, 2.24) is 20.3 Å². The molecule has 4 nitrogen and oxygen atoms in total. The quantitative estimate of drug-likeness (QED) is 0.829. The van der Waals surface area contributed by atoms with Crippen molar-refractivity contribution in [3.05, 3.63) is 36.4 Å². The highest BCUT2D eigenvalue weighted by Crippen LogP contribution is 2.12. The lowest BCUT2D eigenvalue weighted by atomic mass is 10.2. The molecule has 0 aliphatic heterocycles. The molecule has 1 unspecified atom stereocenters. The van der Waals surface area contributed by atoms with Crippen LogP contribution in [0.2, 0.25) is 0 Å². The minimum Gasteiger partial charge on any atom is -0.340 e. The zero-order valence-electron chi connectivity index (χ0n) is 10.3. The number of aromatic nitrogens is 3. The number of hydrogen-bond acceptors (Lipinski definition) is 3. The molecule has 0 saturated carbocycles. The maximum atomic E-state index is 4.34. The Morgan fingerprint density at radius 3 is 2.94 bits per heavy atom. The van der Waals surface area contributed by atoms with Crippen LogP contribution in [0.25, 0.3) is 11.4 Å². The number of imidazole rings is 1. The standard InChI is InChI=1S/C13H18N4/c1-3-10(2)15-9-13-16-8-12(17-13)11-6-4-5-7-14-11/h4-8,10,15H,3,9H2,1-2H3,(H,16,17). The Kier molecular flexibility index (Phi) is 3.88. The molecule has 0 aliphatic rings. The highest BCUT2D eigenvalue weighted by molar-refractivity contribution is 5.52. The van der Waals surface area contributed by atoms with Crippen LogP contribution < -0.4 is 5.32 Å². The molecule has 2 N–H and O–H groups in total. The van der Waals surface area contributed by atoms with Gasteiger partial charge in [-0.15, -0.1) is 0 Å². The van der Waals surface area contributed by atoms with E-state index in [9.17, 15) is 0 Å². The molecule has 0 bridgehead atoms. The van der Waals surface area contributed by atoms with Crippen LogP contribution in [0.1, 0.15) is 26.1 Å². The van der Waals surface area contributed by atoms with Gasteiger partial charge < -0.3 is 10.3 Å². The summed E-state index contributed by atoms with van der Waals surface area (Å²) < 4.78 is 0. The fourth-order valence-corrected chi connectivity index (χ4v) is 1.52. The molecule has 0 radical (unpaired) electrons. The molecule has 1 atom stereocenters. The molecule has 90 valence electrons. The van der Waals surface area contributed by atoms with E-state index in [1.807, 2.05) is 24.4 Å². The van der Waals surface area contributed by atoms with Gasteiger partial charge >= 0.3 is 0 Å². The third kappa shape index (κ3) is 3.14. The Labute approximate surface area is 102 Å². The van der Waals surface area contributed by atoms with Gasteiger partial charge in [0.2, 0.25) is 0 Å². The second kappa shape index (κ2) is 5.59. The maximum Gasteiger partial charge on any atom is 0.120 e. The highest BCUT2D eigenvalue weighted by Gasteiger charge is 2.04. The molecule has 0 aliphatic carbocycles. The van der Waals surface area contributed by atoms with Crippen molar-refractivity contribution in [2.75, 3.05) is 0 Å². The summed E-state index contributed by atoms with van der Waals surface area (Å²) in [5, 5.41) is 3.40. The van der Waals surface area contributed by atoms with Gasteiger partial charge in [0, 0.05) is 12.2 Å². The number of nitrogens with one attached hydrogen (secondary N) is 2. The molecular weight excluding hydrogens is 212 g/mol. The molecule has 2 aromatic rings. The van der Waals surface area contributed by atoms with E-state index >= 15 is 0 Å². The van der Waals surface area contributed by atoms with Crippen LogP contribution in [0.4, 0.5) is 0 Å². The summed E-state index contributed by atoms with van der Waals surface area (Å²) in [5.74, 6) is 0.950. The Morgan fingerprint density at radius 2 is 2.24 bits per heavy atom. The molecule has 0 saturated heterocycles. The predicted octanol–water partition coefficient (Wildman–Crippen LogP) is 2.36. The molecule has 2 aromatic heterocycles. The Hall–Kier alpha value is -1.68. The number of H-pyrrole nitrogens is 1.